The number of rotatable bonds is 7. The topological polar surface area (TPSA) is 65.5 Å². The third-order valence-corrected chi connectivity index (χ3v) is 4.12. The lowest BCUT2D eigenvalue weighted by molar-refractivity contribution is -0.115. The number of guanidine groups is 1. The summed E-state index contributed by atoms with van der Waals surface area (Å²) < 4.78 is 14.5. The monoisotopic (exact) mass is 548 g/mol. The number of nitrogens with one attached hydrogen (secondary N) is 3. The highest BCUT2D eigenvalue weighted by Crippen LogP contribution is 2.16. The van der Waals surface area contributed by atoms with Gasteiger partial charge in [0.1, 0.15) is 5.82 Å². The Morgan fingerprint density at radius 3 is 2.56 bits per heavy atom. The Morgan fingerprint density at radius 2 is 1.89 bits per heavy atom. The van der Waals surface area contributed by atoms with Crippen LogP contribution in [0.2, 0.25) is 0 Å². The van der Waals surface area contributed by atoms with Crippen molar-refractivity contribution < 1.29 is 9.18 Å². The quantitative estimate of drug-likeness (QED) is 0.212. The first-order valence-corrected chi connectivity index (χ1v) is 9.11. The van der Waals surface area contributed by atoms with Crippen molar-refractivity contribution in [1.29, 1.82) is 0 Å². The van der Waals surface area contributed by atoms with Gasteiger partial charge >= 0.3 is 0 Å². The maximum absolute atomic E-state index is 13.8. The van der Waals surface area contributed by atoms with Crippen LogP contribution in [0.5, 0.6) is 0 Å². The fourth-order valence-corrected chi connectivity index (χ4v) is 2.65. The molecule has 0 saturated carbocycles. The number of carbonyl (C=O) groups excluding carboxylic acids is 1. The van der Waals surface area contributed by atoms with Gasteiger partial charge in [-0.25, -0.2) is 4.39 Å². The van der Waals surface area contributed by atoms with E-state index < -0.39 is 0 Å². The largest absolute Gasteiger partial charge is 0.356 e. The third kappa shape index (κ3) is 8.70. The van der Waals surface area contributed by atoms with Gasteiger partial charge in [0, 0.05) is 23.8 Å². The zero-order valence-corrected chi connectivity index (χ0v) is 18.9. The Bertz CT molecular complexity index is 759. The van der Waals surface area contributed by atoms with Gasteiger partial charge in [-0.15, -0.1) is 24.0 Å². The number of nitrogens with zero attached hydrogens (tertiary/aromatic N) is 1. The van der Waals surface area contributed by atoms with Gasteiger partial charge in [0.2, 0.25) is 5.91 Å². The highest BCUT2D eigenvalue weighted by molar-refractivity contribution is 14.0. The number of para-hydroxylation sites is 1. The maximum atomic E-state index is 13.8. The summed E-state index contributed by atoms with van der Waals surface area (Å²) in [7, 11) is 1.64. The number of halogens is 3. The third-order valence-electron chi connectivity index (χ3n) is 3.63. The maximum Gasteiger partial charge on any atom is 0.243 e. The number of hydrogen-bond acceptors (Lipinski definition) is 2. The molecule has 2 aromatic rings. The zero-order chi connectivity index (χ0) is 18.8. The molecule has 0 aromatic heterocycles. The van der Waals surface area contributed by atoms with Crippen molar-refractivity contribution in [1.82, 2.24) is 10.6 Å². The van der Waals surface area contributed by atoms with Crippen LogP contribution in [0, 0.1) is 5.82 Å². The van der Waals surface area contributed by atoms with Gasteiger partial charge in [-0.3, -0.25) is 9.79 Å². The minimum absolute atomic E-state index is 0. The fourth-order valence-electron chi connectivity index (χ4n) is 2.32. The van der Waals surface area contributed by atoms with Crippen LogP contribution in [0.3, 0.4) is 0 Å². The van der Waals surface area contributed by atoms with Crippen molar-refractivity contribution >= 4 is 57.5 Å². The highest BCUT2D eigenvalue weighted by atomic mass is 127. The number of amides is 1. The van der Waals surface area contributed by atoms with E-state index in [4.69, 9.17) is 0 Å². The highest BCUT2D eigenvalue weighted by Gasteiger charge is 2.05. The molecular weight excluding hydrogens is 526 g/mol. The molecule has 2 aromatic carbocycles. The van der Waals surface area contributed by atoms with Gasteiger partial charge in [0.15, 0.2) is 5.96 Å². The summed E-state index contributed by atoms with van der Waals surface area (Å²) >= 11 is 3.25. The lowest BCUT2D eigenvalue weighted by Gasteiger charge is -2.12. The molecule has 27 heavy (non-hydrogen) atoms. The molecule has 0 atom stereocenters. The number of anilines is 1. The van der Waals surface area contributed by atoms with Gasteiger partial charge in [-0.1, -0.05) is 40.2 Å². The Hall–Kier alpha value is -1.68. The Kier molecular flexibility index (Phi) is 11.0. The van der Waals surface area contributed by atoms with E-state index in [9.17, 15) is 9.18 Å². The number of carbonyl (C=O) groups is 1. The molecule has 0 unspecified atom stereocenters. The van der Waals surface area contributed by atoms with Crippen LogP contribution in [-0.2, 0) is 11.2 Å². The second-order valence-electron chi connectivity index (χ2n) is 5.61. The van der Waals surface area contributed by atoms with E-state index in [2.05, 4.69) is 36.9 Å². The average molecular weight is 549 g/mol. The summed E-state index contributed by atoms with van der Waals surface area (Å²) in [6.07, 6.45) is 1.37. The molecule has 5 nitrogen and oxygen atoms in total. The Balaban J connectivity index is 0.00000364. The summed E-state index contributed by atoms with van der Waals surface area (Å²) in [4.78, 5) is 16.0. The molecule has 0 radical (unpaired) electrons. The molecule has 3 N–H and O–H groups in total. The van der Waals surface area contributed by atoms with E-state index in [1.165, 1.54) is 6.07 Å². The first kappa shape index (κ1) is 23.4. The second-order valence-corrected chi connectivity index (χ2v) is 6.52. The van der Waals surface area contributed by atoms with E-state index in [0.29, 0.717) is 24.5 Å². The van der Waals surface area contributed by atoms with Gasteiger partial charge in [-0.05, 0) is 42.7 Å². The number of benzene rings is 2. The van der Waals surface area contributed by atoms with Crippen LogP contribution in [0.25, 0.3) is 0 Å². The minimum atomic E-state index is -0.209. The molecule has 0 heterocycles. The molecule has 0 saturated heterocycles. The van der Waals surface area contributed by atoms with E-state index in [0.717, 1.165) is 16.6 Å². The number of aryl methyl sites for hydroxylation is 1. The van der Waals surface area contributed by atoms with Crippen molar-refractivity contribution in [3.8, 4) is 0 Å². The van der Waals surface area contributed by atoms with Crippen LogP contribution in [-0.4, -0.2) is 32.0 Å². The first-order valence-electron chi connectivity index (χ1n) is 8.32. The smallest absolute Gasteiger partial charge is 0.243 e. The summed E-state index contributed by atoms with van der Waals surface area (Å²) in [5, 5.41) is 8.86. The van der Waals surface area contributed by atoms with Crippen molar-refractivity contribution in [2.45, 2.75) is 12.8 Å². The lowest BCUT2D eigenvalue weighted by Crippen LogP contribution is -2.41. The van der Waals surface area contributed by atoms with Crippen molar-refractivity contribution in [3.05, 3.63) is 64.4 Å². The number of aliphatic imine (C=N–C) groups is 1. The second kappa shape index (κ2) is 12.7. The molecule has 0 aliphatic carbocycles. The Labute approximate surface area is 184 Å². The van der Waals surface area contributed by atoms with Crippen LogP contribution in [0.1, 0.15) is 12.0 Å². The van der Waals surface area contributed by atoms with Crippen molar-refractivity contribution in [2.75, 3.05) is 25.5 Å². The molecule has 146 valence electrons. The summed E-state index contributed by atoms with van der Waals surface area (Å²) in [6, 6.07) is 14.3. The summed E-state index contributed by atoms with van der Waals surface area (Å²) in [5.41, 5.74) is 1.43. The van der Waals surface area contributed by atoms with Gasteiger partial charge < -0.3 is 16.0 Å². The molecule has 0 fully saturated rings. The Morgan fingerprint density at radius 1 is 1.15 bits per heavy atom. The van der Waals surface area contributed by atoms with Crippen molar-refractivity contribution in [2.24, 2.45) is 4.99 Å². The summed E-state index contributed by atoms with van der Waals surface area (Å²) in [6.45, 7) is 0.728. The van der Waals surface area contributed by atoms with Gasteiger partial charge in [0.05, 0.1) is 6.54 Å². The molecular formula is C19H23BrFIN4O. The lowest BCUT2D eigenvalue weighted by atomic mass is 10.1. The van der Waals surface area contributed by atoms with E-state index >= 15 is 0 Å². The molecule has 1 amide bonds. The average Bonchev–Trinajstić information content (AvgIpc) is 2.63. The van der Waals surface area contributed by atoms with Crippen LogP contribution < -0.4 is 16.0 Å². The molecule has 0 aliphatic rings. The van der Waals surface area contributed by atoms with Gasteiger partial charge in [0.25, 0.3) is 0 Å². The van der Waals surface area contributed by atoms with E-state index in [1.807, 2.05) is 36.4 Å². The van der Waals surface area contributed by atoms with Crippen LogP contribution in [0.15, 0.2) is 58.0 Å². The molecule has 0 spiro atoms. The molecule has 0 bridgehead atoms. The summed E-state index contributed by atoms with van der Waals surface area (Å²) in [5.74, 6) is 0.167. The van der Waals surface area contributed by atoms with Crippen molar-refractivity contribution in [3.63, 3.8) is 0 Å². The molecule has 8 heteroatoms. The predicted molar refractivity (Wildman–Crippen MR) is 122 cm³/mol. The predicted octanol–water partition coefficient (Wildman–Crippen LogP) is 3.94. The number of hydrogen-bond donors (Lipinski definition) is 3. The molecule has 2 rings (SSSR count). The SMILES string of the molecule is CN=C(NCCCc1ccc(Br)cc1F)NCC(=O)Nc1ccccc1.I. The van der Waals surface area contributed by atoms with E-state index in [-0.39, 0.29) is 42.2 Å². The first-order chi connectivity index (χ1) is 12.6. The zero-order valence-electron chi connectivity index (χ0n) is 15.0. The molecule has 0 aliphatic heterocycles. The van der Waals surface area contributed by atoms with Gasteiger partial charge in [-0.2, -0.15) is 0 Å². The normalized spacial score (nSPS) is 10.7. The van der Waals surface area contributed by atoms with Crippen LogP contribution >= 0.6 is 39.9 Å². The minimum Gasteiger partial charge on any atom is -0.356 e. The standard InChI is InChI=1S/C19H22BrFN4O.HI/c1-22-19(24-13-18(26)25-16-7-3-2-4-8-16)23-11-5-6-14-9-10-15(20)12-17(14)21;/h2-4,7-10,12H,5-6,11,13H2,1H3,(H,25,26)(H2,22,23,24);1H. The van der Waals surface area contributed by atoms with E-state index in [1.54, 1.807) is 13.1 Å². The van der Waals surface area contributed by atoms with Crippen LogP contribution in [0.4, 0.5) is 10.1 Å². The fraction of sp³-hybridized carbons (Fsp3) is 0.263.